The maximum atomic E-state index is 13.2. The Bertz CT molecular complexity index is 1240. The molecule has 0 aliphatic carbocycles. The Labute approximate surface area is 194 Å². The highest BCUT2D eigenvalue weighted by molar-refractivity contribution is 7.98. The van der Waals surface area contributed by atoms with Gasteiger partial charge in [-0.1, -0.05) is 41.6 Å². The van der Waals surface area contributed by atoms with E-state index in [2.05, 4.69) is 10.3 Å². The third-order valence-electron chi connectivity index (χ3n) is 5.43. The third kappa shape index (κ3) is 4.20. The molecular weight excluding hydrogens is 450 g/mol. The first-order valence-corrected chi connectivity index (χ1v) is 11.3. The van der Waals surface area contributed by atoms with Gasteiger partial charge in [-0.25, -0.2) is 0 Å². The number of hydrogen-bond acceptors (Lipinski definition) is 6. The van der Waals surface area contributed by atoms with E-state index >= 15 is 0 Å². The molecule has 2 aromatic carbocycles. The lowest BCUT2D eigenvalue weighted by atomic mass is 9.86. The number of halogens is 1. The summed E-state index contributed by atoms with van der Waals surface area (Å²) in [7, 11) is 4.90. The van der Waals surface area contributed by atoms with Crippen molar-refractivity contribution in [3.05, 3.63) is 74.5 Å². The number of fused-ring (bicyclic) bond motifs is 1. The molecule has 0 radical (unpaired) electrons. The summed E-state index contributed by atoms with van der Waals surface area (Å²) in [4.78, 5) is 30.1. The minimum Gasteiger partial charge on any atom is -0.497 e. The summed E-state index contributed by atoms with van der Waals surface area (Å²) in [6.45, 7) is 0. The molecule has 1 atom stereocenters. The minimum atomic E-state index is -0.502. The zero-order valence-corrected chi connectivity index (χ0v) is 19.4. The molecule has 1 N–H and O–H groups in total. The molecule has 7 nitrogen and oxygen atoms in total. The molecule has 0 saturated heterocycles. The summed E-state index contributed by atoms with van der Waals surface area (Å²) < 4.78 is 12.6. The lowest BCUT2D eigenvalue weighted by Crippen LogP contribution is -2.33. The molecule has 0 fully saturated rings. The van der Waals surface area contributed by atoms with Gasteiger partial charge in [-0.15, -0.1) is 0 Å². The molecule has 2 heterocycles. The average molecular weight is 472 g/mol. The SMILES string of the molecule is COc1ccc(OC)c(C2CC(=O)Nc3c2c(=O)nc(SCc2ccccc2Cl)n3C)c1. The maximum Gasteiger partial charge on any atom is 0.279 e. The van der Waals surface area contributed by atoms with Crippen LogP contribution in [0.3, 0.4) is 0 Å². The van der Waals surface area contributed by atoms with Gasteiger partial charge in [0.2, 0.25) is 5.91 Å². The van der Waals surface area contributed by atoms with Crippen LogP contribution in [0.25, 0.3) is 0 Å². The number of nitrogens with one attached hydrogen (secondary N) is 1. The van der Waals surface area contributed by atoms with E-state index in [4.69, 9.17) is 21.1 Å². The van der Waals surface area contributed by atoms with Crippen molar-refractivity contribution in [1.29, 1.82) is 0 Å². The highest BCUT2D eigenvalue weighted by Crippen LogP contribution is 2.41. The van der Waals surface area contributed by atoms with E-state index in [0.29, 0.717) is 44.4 Å². The van der Waals surface area contributed by atoms with Crippen molar-refractivity contribution in [2.24, 2.45) is 7.05 Å². The monoisotopic (exact) mass is 471 g/mol. The highest BCUT2D eigenvalue weighted by Gasteiger charge is 2.34. The predicted octanol–water partition coefficient (Wildman–Crippen LogP) is 4.22. The van der Waals surface area contributed by atoms with Gasteiger partial charge in [0.1, 0.15) is 17.3 Å². The number of amides is 1. The lowest BCUT2D eigenvalue weighted by molar-refractivity contribution is -0.116. The van der Waals surface area contributed by atoms with Gasteiger partial charge in [-0.3, -0.25) is 9.59 Å². The maximum absolute atomic E-state index is 13.2. The van der Waals surface area contributed by atoms with E-state index in [1.165, 1.54) is 11.8 Å². The number of rotatable bonds is 6. The Kier molecular flexibility index (Phi) is 6.43. The molecule has 0 spiro atoms. The molecular formula is C23H22ClN3O4S. The Morgan fingerprint density at radius 2 is 1.97 bits per heavy atom. The zero-order valence-electron chi connectivity index (χ0n) is 17.8. The molecule has 166 valence electrons. The molecule has 1 aliphatic heterocycles. The number of thioether (sulfide) groups is 1. The predicted molar refractivity (Wildman–Crippen MR) is 125 cm³/mol. The van der Waals surface area contributed by atoms with E-state index in [1.807, 2.05) is 24.3 Å². The van der Waals surface area contributed by atoms with Crippen molar-refractivity contribution in [2.75, 3.05) is 19.5 Å². The van der Waals surface area contributed by atoms with Crippen LogP contribution < -0.4 is 20.3 Å². The van der Waals surface area contributed by atoms with Gasteiger partial charge in [0.05, 0.1) is 19.8 Å². The molecule has 1 aliphatic rings. The van der Waals surface area contributed by atoms with Gasteiger partial charge < -0.3 is 19.4 Å². The van der Waals surface area contributed by atoms with Crippen molar-refractivity contribution in [3.8, 4) is 11.5 Å². The second-order valence-corrected chi connectivity index (χ2v) is 8.66. The van der Waals surface area contributed by atoms with Crippen LogP contribution in [0.15, 0.2) is 52.4 Å². The van der Waals surface area contributed by atoms with Gasteiger partial charge in [0.25, 0.3) is 5.56 Å². The second kappa shape index (κ2) is 9.26. The topological polar surface area (TPSA) is 82.4 Å². The van der Waals surface area contributed by atoms with Gasteiger partial charge in [0, 0.05) is 35.7 Å². The Morgan fingerprint density at radius 1 is 1.19 bits per heavy atom. The normalized spacial score (nSPS) is 15.1. The first-order chi connectivity index (χ1) is 15.4. The van der Waals surface area contributed by atoms with Gasteiger partial charge >= 0.3 is 0 Å². The Balaban J connectivity index is 1.77. The first-order valence-electron chi connectivity index (χ1n) is 9.91. The summed E-state index contributed by atoms with van der Waals surface area (Å²) in [5.74, 6) is 1.49. The van der Waals surface area contributed by atoms with E-state index in [1.54, 1.807) is 44.0 Å². The largest absolute Gasteiger partial charge is 0.497 e. The number of carbonyl (C=O) groups is 1. The highest BCUT2D eigenvalue weighted by atomic mass is 35.5. The van der Waals surface area contributed by atoms with Crippen molar-refractivity contribution >= 4 is 35.1 Å². The number of ether oxygens (including phenoxy) is 2. The van der Waals surface area contributed by atoms with Crippen LogP contribution in [0, 0.1) is 0 Å². The number of hydrogen-bond donors (Lipinski definition) is 1. The van der Waals surface area contributed by atoms with Crippen LogP contribution >= 0.6 is 23.4 Å². The van der Waals surface area contributed by atoms with Gasteiger partial charge in [0.15, 0.2) is 5.16 Å². The van der Waals surface area contributed by atoms with E-state index < -0.39 is 5.92 Å². The molecule has 9 heteroatoms. The fourth-order valence-electron chi connectivity index (χ4n) is 3.80. The number of anilines is 1. The Morgan fingerprint density at radius 3 is 2.69 bits per heavy atom. The number of aromatic nitrogens is 2. The fourth-order valence-corrected chi connectivity index (χ4v) is 5.05. The number of carbonyl (C=O) groups excluding carboxylic acids is 1. The van der Waals surface area contributed by atoms with E-state index in [0.717, 1.165) is 5.56 Å². The second-order valence-electron chi connectivity index (χ2n) is 7.31. The smallest absolute Gasteiger partial charge is 0.279 e. The van der Waals surface area contributed by atoms with Crippen LogP contribution in [-0.4, -0.2) is 29.7 Å². The van der Waals surface area contributed by atoms with Crippen LogP contribution in [-0.2, 0) is 17.6 Å². The molecule has 32 heavy (non-hydrogen) atoms. The number of methoxy groups -OCH3 is 2. The van der Waals surface area contributed by atoms with E-state index in [9.17, 15) is 9.59 Å². The fraction of sp³-hybridized carbons (Fsp3) is 0.261. The lowest BCUT2D eigenvalue weighted by Gasteiger charge is -2.28. The first kappa shape index (κ1) is 22.2. The van der Waals surface area contributed by atoms with Crippen LogP contribution in [0.1, 0.15) is 29.0 Å². The molecule has 0 saturated carbocycles. The minimum absolute atomic E-state index is 0.111. The number of nitrogens with zero attached hydrogens (tertiary/aromatic N) is 2. The summed E-state index contributed by atoms with van der Waals surface area (Å²) in [6, 6.07) is 12.9. The summed E-state index contributed by atoms with van der Waals surface area (Å²) in [5.41, 5.74) is 1.70. The molecule has 1 unspecified atom stereocenters. The average Bonchev–Trinajstić information content (AvgIpc) is 2.80. The summed E-state index contributed by atoms with van der Waals surface area (Å²) in [6.07, 6.45) is 0.111. The molecule has 1 amide bonds. The molecule has 3 aromatic rings. The van der Waals surface area contributed by atoms with Crippen molar-refractivity contribution in [3.63, 3.8) is 0 Å². The van der Waals surface area contributed by atoms with Gasteiger partial charge in [-0.2, -0.15) is 4.98 Å². The van der Waals surface area contributed by atoms with Crippen LogP contribution in [0.5, 0.6) is 11.5 Å². The number of benzene rings is 2. The van der Waals surface area contributed by atoms with E-state index in [-0.39, 0.29) is 17.9 Å². The Hall–Kier alpha value is -2.97. The van der Waals surface area contributed by atoms with Crippen molar-refractivity contribution in [2.45, 2.75) is 23.2 Å². The van der Waals surface area contributed by atoms with Crippen molar-refractivity contribution in [1.82, 2.24) is 9.55 Å². The summed E-state index contributed by atoms with van der Waals surface area (Å²) >= 11 is 7.64. The molecule has 4 rings (SSSR count). The molecule has 0 bridgehead atoms. The molecule has 1 aromatic heterocycles. The van der Waals surface area contributed by atoms with Crippen LogP contribution in [0.4, 0.5) is 5.82 Å². The standard InChI is InChI=1S/C23H22ClN3O4S/c1-27-21-20(22(29)26-23(27)32-12-13-6-4-5-7-17(13)24)16(11-19(28)25-21)15-10-14(30-2)8-9-18(15)31-3/h4-10,16H,11-12H2,1-3H3,(H,25,28). The third-order valence-corrected chi connectivity index (χ3v) is 6.88. The van der Waals surface area contributed by atoms with Crippen molar-refractivity contribution < 1.29 is 14.3 Å². The summed E-state index contributed by atoms with van der Waals surface area (Å²) in [5, 5.41) is 4.00. The quantitative estimate of drug-likeness (QED) is 0.428. The zero-order chi connectivity index (χ0) is 22.8. The van der Waals surface area contributed by atoms with Crippen LogP contribution in [0.2, 0.25) is 5.02 Å². The van der Waals surface area contributed by atoms with Gasteiger partial charge in [-0.05, 0) is 29.8 Å².